The maximum absolute atomic E-state index is 14.6. The zero-order valence-corrected chi connectivity index (χ0v) is 14.7. The summed E-state index contributed by atoms with van der Waals surface area (Å²) in [7, 11) is 0. The van der Waals surface area contributed by atoms with Crippen molar-refractivity contribution in [3.8, 4) is 11.1 Å². The van der Waals surface area contributed by atoms with Gasteiger partial charge in [-0.1, -0.05) is 13.0 Å². The number of aliphatic hydroxyl groups is 1. The third kappa shape index (κ3) is 2.64. The monoisotopic (exact) mass is 355 g/mol. The third-order valence-electron chi connectivity index (χ3n) is 5.23. The van der Waals surface area contributed by atoms with Crippen molar-refractivity contribution in [2.45, 2.75) is 32.3 Å². The van der Waals surface area contributed by atoms with E-state index in [9.17, 15) is 9.50 Å². The van der Waals surface area contributed by atoms with Crippen molar-refractivity contribution < 1.29 is 9.50 Å². The standard InChI is InChI=1S/C19H22FN5O/c1-2-11-5-13(6-16(20)15(11)9-26)14-7-17(12-3-4-22-8-12)25-18(14)19(21)23-10-24-25/h5-7,10,12,22,26H,2-4,8-9H2,1H3,(H2,21,23,24). The molecule has 0 aliphatic carbocycles. The molecule has 1 aromatic carbocycles. The Morgan fingerprint density at radius 2 is 2.23 bits per heavy atom. The summed E-state index contributed by atoms with van der Waals surface area (Å²) in [6.45, 7) is 3.49. The highest BCUT2D eigenvalue weighted by Gasteiger charge is 2.24. The van der Waals surface area contributed by atoms with Gasteiger partial charge in [-0.25, -0.2) is 13.9 Å². The maximum Gasteiger partial charge on any atom is 0.151 e. The fraction of sp³-hybridized carbons (Fsp3) is 0.368. The van der Waals surface area contributed by atoms with Crippen LogP contribution in [0.2, 0.25) is 0 Å². The Hall–Kier alpha value is -2.51. The van der Waals surface area contributed by atoms with Crippen LogP contribution in [-0.2, 0) is 13.0 Å². The first-order valence-corrected chi connectivity index (χ1v) is 8.89. The minimum absolute atomic E-state index is 0.309. The van der Waals surface area contributed by atoms with E-state index in [4.69, 9.17) is 5.73 Å². The molecule has 1 unspecified atom stereocenters. The number of nitrogens with one attached hydrogen (secondary N) is 1. The molecule has 0 bridgehead atoms. The second kappa shape index (κ2) is 6.66. The van der Waals surface area contributed by atoms with Crippen LogP contribution in [0.15, 0.2) is 24.5 Å². The van der Waals surface area contributed by atoms with E-state index in [2.05, 4.69) is 15.4 Å². The summed E-state index contributed by atoms with van der Waals surface area (Å²) in [6, 6.07) is 5.43. The molecule has 6 nitrogen and oxygen atoms in total. The molecule has 136 valence electrons. The number of aromatic nitrogens is 3. The fourth-order valence-corrected chi connectivity index (χ4v) is 3.85. The van der Waals surface area contributed by atoms with Gasteiger partial charge in [-0.05, 0) is 42.6 Å². The summed E-state index contributed by atoms with van der Waals surface area (Å²) in [5.41, 5.74) is 10.6. The van der Waals surface area contributed by atoms with Crippen molar-refractivity contribution in [3.05, 3.63) is 47.2 Å². The number of halogens is 1. The highest BCUT2D eigenvalue weighted by Crippen LogP contribution is 2.36. The normalized spacial score (nSPS) is 17.3. The molecule has 0 amide bonds. The molecule has 7 heteroatoms. The van der Waals surface area contributed by atoms with Gasteiger partial charge in [0.2, 0.25) is 0 Å². The summed E-state index contributed by atoms with van der Waals surface area (Å²) < 4.78 is 16.4. The van der Waals surface area contributed by atoms with Gasteiger partial charge in [0.25, 0.3) is 0 Å². The number of nitrogens with two attached hydrogens (primary N) is 1. The first-order chi connectivity index (χ1) is 12.6. The molecule has 4 rings (SSSR count). The minimum atomic E-state index is -0.402. The molecule has 4 N–H and O–H groups in total. The molecule has 0 spiro atoms. The van der Waals surface area contributed by atoms with Crippen LogP contribution in [0.1, 0.15) is 36.1 Å². The summed E-state index contributed by atoms with van der Waals surface area (Å²) >= 11 is 0. The molecule has 1 fully saturated rings. The van der Waals surface area contributed by atoms with Gasteiger partial charge in [-0.2, -0.15) is 5.10 Å². The number of fused-ring (bicyclic) bond motifs is 1. The molecule has 1 saturated heterocycles. The highest BCUT2D eigenvalue weighted by molar-refractivity contribution is 5.88. The van der Waals surface area contributed by atoms with Crippen LogP contribution in [-0.4, -0.2) is 32.8 Å². The Morgan fingerprint density at radius 1 is 1.38 bits per heavy atom. The predicted octanol–water partition coefficient (Wildman–Crippen LogP) is 2.25. The van der Waals surface area contributed by atoms with Crippen LogP contribution in [0.4, 0.5) is 10.2 Å². The largest absolute Gasteiger partial charge is 0.392 e. The van der Waals surface area contributed by atoms with Crippen molar-refractivity contribution >= 4 is 11.3 Å². The number of anilines is 1. The second-order valence-corrected chi connectivity index (χ2v) is 6.69. The molecule has 0 radical (unpaired) electrons. The summed E-state index contributed by atoms with van der Waals surface area (Å²) in [4.78, 5) is 4.13. The molecule has 26 heavy (non-hydrogen) atoms. The summed E-state index contributed by atoms with van der Waals surface area (Å²) in [5.74, 6) is 0.301. The van der Waals surface area contributed by atoms with Gasteiger partial charge in [0, 0.05) is 29.3 Å². The lowest BCUT2D eigenvalue weighted by molar-refractivity contribution is 0.274. The van der Waals surface area contributed by atoms with E-state index >= 15 is 0 Å². The first-order valence-electron chi connectivity index (χ1n) is 8.89. The van der Waals surface area contributed by atoms with Gasteiger partial charge >= 0.3 is 0 Å². The maximum atomic E-state index is 14.6. The van der Waals surface area contributed by atoms with Crippen molar-refractivity contribution in [1.29, 1.82) is 0 Å². The van der Waals surface area contributed by atoms with Gasteiger partial charge in [-0.15, -0.1) is 0 Å². The Kier molecular flexibility index (Phi) is 4.34. The molecule has 1 atom stereocenters. The van der Waals surface area contributed by atoms with E-state index in [0.29, 0.717) is 29.2 Å². The number of nitrogen functional groups attached to an aromatic ring is 1. The van der Waals surface area contributed by atoms with Crippen molar-refractivity contribution in [3.63, 3.8) is 0 Å². The predicted molar refractivity (Wildman–Crippen MR) is 98.3 cm³/mol. The van der Waals surface area contributed by atoms with E-state index in [1.165, 1.54) is 12.4 Å². The number of nitrogens with zero attached hydrogens (tertiary/aromatic N) is 3. The van der Waals surface area contributed by atoms with Gasteiger partial charge in [0.05, 0.1) is 6.61 Å². The van der Waals surface area contributed by atoms with Crippen LogP contribution < -0.4 is 11.1 Å². The summed E-state index contributed by atoms with van der Waals surface area (Å²) in [6.07, 6.45) is 3.11. The van der Waals surface area contributed by atoms with E-state index < -0.39 is 5.82 Å². The molecule has 2 aromatic heterocycles. The lowest BCUT2D eigenvalue weighted by Crippen LogP contribution is -2.10. The van der Waals surface area contributed by atoms with Crippen LogP contribution in [0.25, 0.3) is 16.6 Å². The topological polar surface area (TPSA) is 88.5 Å². The van der Waals surface area contributed by atoms with E-state index in [1.807, 2.05) is 23.6 Å². The molecular formula is C19H22FN5O. The zero-order valence-electron chi connectivity index (χ0n) is 14.7. The number of aliphatic hydroxyl groups excluding tert-OH is 1. The molecule has 1 aliphatic heterocycles. The average molecular weight is 355 g/mol. The van der Waals surface area contributed by atoms with Gasteiger partial charge in [0.1, 0.15) is 17.7 Å². The average Bonchev–Trinajstić information content (AvgIpc) is 3.29. The second-order valence-electron chi connectivity index (χ2n) is 6.69. The molecule has 3 heterocycles. The van der Waals surface area contributed by atoms with Crippen LogP contribution in [0, 0.1) is 5.82 Å². The van der Waals surface area contributed by atoms with Crippen molar-refractivity contribution in [2.75, 3.05) is 18.8 Å². The lowest BCUT2D eigenvalue weighted by Gasteiger charge is -2.10. The SMILES string of the molecule is CCc1cc(-c2cc(C3CCNC3)n3ncnc(N)c23)cc(F)c1CO. The minimum Gasteiger partial charge on any atom is -0.392 e. The number of benzene rings is 1. The third-order valence-corrected chi connectivity index (χ3v) is 5.23. The smallest absolute Gasteiger partial charge is 0.151 e. The van der Waals surface area contributed by atoms with Gasteiger partial charge in [0.15, 0.2) is 5.82 Å². The first kappa shape index (κ1) is 16.9. The zero-order chi connectivity index (χ0) is 18.3. The highest BCUT2D eigenvalue weighted by atomic mass is 19.1. The quantitative estimate of drug-likeness (QED) is 0.668. The fourth-order valence-electron chi connectivity index (χ4n) is 3.85. The van der Waals surface area contributed by atoms with Crippen LogP contribution >= 0.6 is 0 Å². The van der Waals surface area contributed by atoms with Gasteiger partial charge < -0.3 is 16.2 Å². The Bertz CT molecular complexity index is 962. The van der Waals surface area contributed by atoms with E-state index in [-0.39, 0.29) is 6.61 Å². The number of hydrogen-bond acceptors (Lipinski definition) is 5. The Morgan fingerprint density at radius 3 is 2.92 bits per heavy atom. The van der Waals surface area contributed by atoms with Crippen LogP contribution in [0.5, 0.6) is 0 Å². The molecule has 0 saturated carbocycles. The Labute approximate surface area is 150 Å². The van der Waals surface area contributed by atoms with Crippen molar-refractivity contribution in [1.82, 2.24) is 19.9 Å². The number of hydrogen-bond donors (Lipinski definition) is 3. The number of aryl methyl sites for hydroxylation is 1. The molecule has 1 aliphatic rings. The van der Waals surface area contributed by atoms with Crippen molar-refractivity contribution in [2.24, 2.45) is 0 Å². The van der Waals surface area contributed by atoms with E-state index in [1.54, 1.807) is 0 Å². The van der Waals surface area contributed by atoms with E-state index in [0.717, 1.165) is 41.9 Å². The van der Waals surface area contributed by atoms with Gasteiger partial charge in [-0.3, -0.25) is 0 Å². The lowest BCUT2D eigenvalue weighted by atomic mass is 9.97. The summed E-state index contributed by atoms with van der Waals surface area (Å²) in [5, 5.41) is 17.2. The number of rotatable bonds is 4. The Balaban J connectivity index is 1.96. The molecule has 3 aromatic rings. The van der Waals surface area contributed by atoms with Crippen LogP contribution in [0.3, 0.4) is 0 Å². The molecular weight excluding hydrogens is 333 g/mol.